The molecule has 10 heteroatoms. The number of ether oxygens (including phenoxy) is 2. The molecule has 0 radical (unpaired) electrons. The van der Waals surface area contributed by atoms with Gasteiger partial charge in [0, 0.05) is 13.1 Å². The van der Waals surface area contributed by atoms with Gasteiger partial charge in [-0.2, -0.15) is 0 Å². The Balaban J connectivity index is 1.46. The van der Waals surface area contributed by atoms with Crippen molar-refractivity contribution >= 4 is 40.9 Å². The molecule has 0 bridgehead atoms. The number of furan rings is 1. The van der Waals surface area contributed by atoms with Crippen molar-refractivity contribution in [2.24, 2.45) is 0 Å². The summed E-state index contributed by atoms with van der Waals surface area (Å²) in [4.78, 5) is 52.6. The molecule has 1 aromatic carbocycles. The maximum atomic E-state index is 12.8. The lowest BCUT2D eigenvalue weighted by molar-refractivity contribution is -0.136. The minimum atomic E-state index is -0.675. The largest absolute Gasteiger partial charge is 0.493 e. The summed E-state index contributed by atoms with van der Waals surface area (Å²) in [5.41, 5.74) is 0.567. The number of piperidine rings is 1. The summed E-state index contributed by atoms with van der Waals surface area (Å²) >= 11 is 0.781. The lowest BCUT2D eigenvalue weighted by Crippen LogP contribution is -2.44. The van der Waals surface area contributed by atoms with Crippen LogP contribution in [0, 0.1) is 0 Å². The Morgan fingerprint density at radius 2 is 1.91 bits per heavy atom. The van der Waals surface area contributed by atoms with E-state index in [1.807, 2.05) is 0 Å². The Bertz CT molecular complexity index is 1100. The molecular formula is C23H22N2O7S. The van der Waals surface area contributed by atoms with Crippen molar-refractivity contribution in [2.75, 3.05) is 26.7 Å². The third-order valence-electron chi connectivity index (χ3n) is 5.29. The van der Waals surface area contributed by atoms with E-state index in [2.05, 4.69) is 0 Å². The highest BCUT2D eigenvalue weighted by Crippen LogP contribution is 2.35. The Morgan fingerprint density at radius 1 is 1.12 bits per heavy atom. The van der Waals surface area contributed by atoms with Crippen LogP contribution in [0.4, 0.5) is 4.79 Å². The molecule has 0 unspecified atom stereocenters. The molecule has 2 aliphatic heterocycles. The molecule has 4 rings (SSSR count). The number of nitrogens with zero attached hydrogens (tertiary/aromatic N) is 2. The molecule has 0 spiro atoms. The smallest absolute Gasteiger partial charge is 0.379 e. The second kappa shape index (κ2) is 9.95. The first-order chi connectivity index (χ1) is 16.0. The SMILES string of the molecule is COc1cc(/C=C2\SC(=O)N(CC(=O)N3CCCCC3)C2=O)ccc1OC(=O)c1ccco1. The zero-order valence-corrected chi connectivity index (χ0v) is 18.8. The van der Waals surface area contributed by atoms with E-state index in [9.17, 15) is 19.2 Å². The second-order valence-corrected chi connectivity index (χ2v) is 8.48. The molecule has 0 saturated carbocycles. The van der Waals surface area contributed by atoms with Crippen molar-refractivity contribution in [3.63, 3.8) is 0 Å². The first-order valence-electron chi connectivity index (χ1n) is 10.4. The summed E-state index contributed by atoms with van der Waals surface area (Å²) in [6.07, 6.45) is 5.85. The number of likely N-dealkylation sites (tertiary alicyclic amines) is 1. The minimum absolute atomic E-state index is 0.0499. The van der Waals surface area contributed by atoms with Gasteiger partial charge in [0.05, 0.1) is 18.3 Å². The summed E-state index contributed by atoms with van der Waals surface area (Å²) in [5, 5.41) is -0.479. The Kier molecular flexibility index (Phi) is 6.83. The zero-order chi connectivity index (χ0) is 23.4. The molecule has 2 aliphatic rings. The van der Waals surface area contributed by atoms with E-state index in [1.54, 1.807) is 23.1 Å². The minimum Gasteiger partial charge on any atom is -0.493 e. The van der Waals surface area contributed by atoms with Gasteiger partial charge in [0.1, 0.15) is 6.54 Å². The van der Waals surface area contributed by atoms with Crippen molar-refractivity contribution in [2.45, 2.75) is 19.3 Å². The van der Waals surface area contributed by atoms with Gasteiger partial charge in [-0.1, -0.05) is 6.07 Å². The molecule has 3 heterocycles. The fourth-order valence-electron chi connectivity index (χ4n) is 3.57. The van der Waals surface area contributed by atoms with Gasteiger partial charge in [0.2, 0.25) is 11.7 Å². The van der Waals surface area contributed by atoms with Gasteiger partial charge in [-0.25, -0.2) is 4.79 Å². The van der Waals surface area contributed by atoms with Crippen molar-refractivity contribution in [3.05, 3.63) is 52.8 Å². The van der Waals surface area contributed by atoms with Crippen LogP contribution in [-0.2, 0) is 9.59 Å². The van der Waals surface area contributed by atoms with Crippen LogP contribution in [0.5, 0.6) is 11.5 Å². The van der Waals surface area contributed by atoms with Crippen LogP contribution in [0.25, 0.3) is 6.08 Å². The number of rotatable bonds is 6. The maximum absolute atomic E-state index is 12.8. The first-order valence-corrected chi connectivity index (χ1v) is 11.2. The number of carbonyl (C=O) groups excluding carboxylic acids is 4. The molecule has 9 nitrogen and oxygen atoms in total. The zero-order valence-electron chi connectivity index (χ0n) is 17.9. The lowest BCUT2D eigenvalue weighted by Gasteiger charge is -2.27. The number of hydrogen-bond donors (Lipinski definition) is 0. The maximum Gasteiger partial charge on any atom is 0.379 e. The molecule has 172 valence electrons. The molecule has 2 fully saturated rings. The average Bonchev–Trinajstić information content (AvgIpc) is 3.45. The topological polar surface area (TPSA) is 106 Å². The van der Waals surface area contributed by atoms with Crippen LogP contribution >= 0.6 is 11.8 Å². The summed E-state index contributed by atoms with van der Waals surface area (Å²) in [6.45, 7) is 1.05. The Hall–Kier alpha value is -3.53. The Morgan fingerprint density at radius 3 is 2.61 bits per heavy atom. The van der Waals surface area contributed by atoms with Crippen molar-refractivity contribution in [1.82, 2.24) is 9.80 Å². The third kappa shape index (κ3) is 5.11. The second-order valence-electron chi connectivity index (χ2n) is 7.49. The van der Waals surface area contributed by atoms with Crippen LogP contribution in [0.15, 0.2) is 45.9 Å². The monoisotopic (exact) mass is 470 g/mol. The summed E-state index contributed by atoms with van der Waals surface area (Å²) in [5.74, 6) is -0.913. The number of imide groups is 1. The van der Waals surface area contributed by atoms with Gasteiger partial charge in [0.25, 0.3) is 11.1 Å². The summed E-state index contributed by atoms with van der Waals surface area (Å²) in [7, 11) is 1.42. The standard InChI is InChI=1S/C23H22N2O7S/c1-30-18-12-15(7-8-16(18)32-22(28)17-6-5-11-31-17)13-19-21(27)25(23(29)33-19)14-20(26)24-9-3-2-4-10-24/h5-8,11-13H,2-4,9-10,14H2,1H3/b19-13-. The van der Waals surface area contributed by atoms with Gasteiger partial charge < -0.3 is 18.8 Å². The Labute approximate surface area is 194 Å². The molecule has 0 N–H and O–H groups in total. The van der Waals surface area contributed by atoms with E-state index in [1.165, 1.54) is 31.6 Å². The van der Waals surface area contributed by atoms with Gasteiger partial charge in [-0.05, 0) is 66.9 Å². The van der Waals surface area contributed by atoms with Gasteiger partial charge in [-0.3, -0.25) is 19.3 Å². The van der Waals surface area contributed by atoms with Crippen LogP contribution < -0.4 is 9.47 Å². The van der Waals surface area contributed by atoms with Crippen molar-refractivity contribution in [3.8, 4) is 11.5 Å². The van der Waals surface area contributed by atoms with E-state index in [0.29, 0.717) is 18.7 Å². The van der Waals surface area contributed by atoms with Crippen LogP contribution in [-0.4, -0.2) is 59.6 Å². The predicted octanol–water partition coefficient (Wildman–Crippen LogP) is 3.56. The number of benzene rings is 1. The number of carbonyl (C=O) groups is 4. The van der Waals surface area contributed by atoms with Crippen LogP contribution in [0.2, 0.25) is 0 Å². The number of amides is 3. The highest BCUT2D eigenvalue weighted by atomic mass is 32.2. The van der Waals surface area contributed by atoms with E-state index in [0.717, 1.165) is 35.9 Å². The molecule has 2 saturated heterocycles. The van der Waals surface area contributed by atoms with Crippen molar-refractivity contribution in [1.29, 1.82) is 0 Å². The predicted molar refractivity (Wildman–Crippen MR) is 120 cm³/mol. The highest BCUT2D eigenvalue weighted by Gasteiger charge is 2.37. The molecule has 1 aromatic heterocycles. The fraction of sp³-hybridized carbons (Fsp3) is 0.304. The molecule has 0 atom stereocenters. The van der Waals surface area contributed by atoms with Gasteiger partial charge in [-0.15, -0.1) is 0 Å². The quantitative estimate of drug-likeness (QED) is 0.358. The van der Waals surface area contributed by atoms with E-state index < -0.39 is 17.1 Å². The van der Waals surface area contributed by atoms with Crippen LogP contribution in [0.1, 0.15) is 35.4 Å². The third-order valence-corrected chi connectivity index (χ3v) is 6.19. The molecular weight excluding hydrogens is 448 g/mol. The summed E-state index contributed by atoms with van der Waals surface area (Å²) < 4.78 is 15.6. The molecule has 0 aliphatic carbocycles. The lowest BCUT2D eigenvalue weighted by atomic mass is 10.1. The van der Waals surface area contributed by atoms with Gasteiger partial charge >= 0.3 is 5.97 Å². The van der Waals surface area contributed by atoms with E-state index in [-0.39, 0.29) is 34.6 Å². The van der Waals surface area contributed by atoms with Crippen molar-refractivity contribution < 1.29 is 33.1 Å². The summed E-state index contributed by atoms with van der Waals surface area (Å²) in [6, 6.07) is 7.78. The fourth-order valence-corrected chi connectivity index (χ4v) is 4.41. The van der Waals surface area contributed by atoms with E-state index >= 15 is 0 Å². The molecule has 3 amide bonds. The first kappa shape index (κ1) is 22.7. The van der Waals surface area contributed by atoms with E-state index in [4.69, 9.17) is 13.9 Å². The number of hydrogen-bond acceptors (Lipinski definition) is 8. The number of methoxy groups -OCH3 is 1. The molecule has 33 heavy (non-hydrogen) atoms. The highest BCUT2D eigenvalue weighted by molar-refractivity contribution is 8.18. The van der Waals surface area contributed by atoms with Crippen LogP contribution in [0.3, 0.4) is 0 Å². The molecule has 2 aromatic rings. The van der Waals surface area contributed by atoms with Gasteiger partial charge in [0.15, 0.2) is 11.5 Å². The average molecular weight is 471 g/mol. The normalized spacial score (nSPS) is 17.5. The number of esters is 1. The number of thioether (sulfide) groups is 1.